The Balaban J connectivity index is 1.47. The van der Waals surface area contributed by atoms with E-state index in [2.05, 4.69) is 17.1 Å². The van der Waals surface area contributed by atoms with E-state index in [-0.39, 0.29) is 18.6 Å². The van der Waals surface area contributed by atoms with E-state index in [1.54, 1.807) is 0 Å². The highest BCUT2D eigenvalue weighted by Gasteiger charge is 2.31. The fraction of sp³-hybridized carbons (Fsp3) is 0.154. The predicted molar refractivity (Wildman–Crippen MR) is 117 cm³/mol. The molecule has 5 rings (SSSR count). The molecule has 0 saturated heterocycles. The maximum Gasteiger partial charge on any atom is 0.255 e. The smallest absolute Gasteiger partial charge is 0.255 e. The molecule has 0 radical (unpaired) electrons. The largest absolute Gasteiger partial charge is 0.475 e. The number of carbonyl (C=O) groups is 1. The first kappa shape index (κ1) is 19.2. The van der Waals surface area contributed by atoms with Crippen LogP contribution in [0.25, 0.3) is 10.8 Å². The molecule has 154 valence electrons. The van der Waals surface area contributed by atoms with E-state index in [9.17, 15) is 9.18 Å². The van der Waals surface area contributed by atoms with Crippen LogP contribution in [0.5, 0.6) is 5.88 Å². The van der Waals surface area contributed by atoms with Gasteiger partial charge in [-0.25, -0.2) is 9.37 Å². The summed E-state index contributed by atoms with van der Waals surface area (Å²) in [5.74, 6) is -0.0866. The van der Waals surface area contributed by atoms with E-state index in [0.29, 0.717) is 24.4 Å². The second-order valence-corrected chi connectivity index (χ2v) is 7.71. The van der Waals surface area contributed by atoms with Crippen LogP contribution in [0.4, 0.5) is 4.39 Å². The van der Waals surface area contributed by atoms with E-state index in [0.717, 1.165) is 22.5 Å². The van der Waals surface area contributed by atoms with Crippen molar-refractivity contribution in [3.05, 3.63) is 108 Å². The molecule has 0 fully saturated rings. The van der Waals surface area contributed by atoms with Crippen LogP contribution in [-0.4, -0.2) is 28.4 Å². The minimum absolute atomic E-state index is 0.0213. The molecule has 1 amide bonds. The van der Waals surface area contributed by atoms with Gasteiger partial charge >= 0.3 is 0 Å². The number of hydrogen-bond donors (Lipinski definition) is 0. The highest BCUT2D eigenvalue weighted by atomic mass is 19.1. The van der Waals surface area contributed by atoms with Crippen molar-refractivity contribution in [1.82, 2.24) is 9.88 Å². The summed E-state index contributed by atoms with van der Waals surface area (Å²) >= 11 is 0. The Kier molecular flexibility index (Phi) is 5.08. The number of hydrogen-bond acceptors (Lipinski definition) is 3. The molecular formula is C26H21FN2O2. The van der Waals surface area contributed by atoms with E-state index in [4.69, 9.17) is 4.74 Å². The first-order valence-electron chi connectivity index (χ1n) is 10.3. The van der Waals surface area contributed by atoms with Crippen molar-refractivity contribution in [3.63, 3.8) is 0 Å². The lowest BCUT2D eigenvalue weighted by Gasteiger charge is -2.37. The lowest BCUT2D eigenvalue weighted by Crippen LogP contribution is -2.47. The van der Waals surface area contributed by atoms with Gasteiger partial charge in [0, 0.05) is 18.2 Å². The zero-order valence-corrected chi connectivity index (χ0v) is 16.9. The second-order valence-electron chi connectivity index (χ2n) is 7.71. The van der Waals surface area contributed by atoms with Crippen molar-refractivity contribution in [1.29, 1.82) is 0 Å². The summed E-state index contributed by atoms with van der Waals surface area (Å²) < 4.78 is 19.0. The number of ether oxygens (including phenoxy) is 1. The maximum atomic E-state index is 13.7. The van der Waals surface area contributed by atoms with Gasteiger partial charge in [-0.15, -0.1) is 0 Å². The predicted octanol–water partition coefficient (Wildman–Crippen LogP) is 5.02. The molecule has 1 aromatic heterocycles. The number of rotatable bonds is 4. The fourth-order valence-corrected chi connectivity index (χ4v) is 4.17. The molecule has 1 aliphatic heterocycles. The zero-order valence-electron chi connectivity index (χ0n) is 16.9. The molecule has 4 aromatic rings. The van der Waals surface area contributed by atoms with Crippen molar-refractivity contribution in [2.24, 2.45) is 0 Å². The Morgan fingerprint density at radius 1 is 0.968 bits per heavy atom. The number of fused-ring (bicyclic) bond motifs is 2. The quantitative estimate of drug-likeness (QED) is 0.473. The van der Waals surface area contributed by atoms with Crippen LogP contribution in [-0.2, 0) is 13.0 Å². The lowest BCUT2D eigenvalue weighted by molar-refractivity contribution is 0.0564. The molecule has 2 heterocycles. The molecule has 31 heavy (non-hydrogen) atoms. The number of aromatic nitrogens is 1. The van der Waals surface area contributed by atoms with Crippen molar-refractivity contribution in [2.75, 3.05) is 6.61 Å². The van der Waals surface area contributed by atoms with Gasteiger partial charge in [0.2, 0.25) is 5.88 Å². The minimum atomic E-state index is -0.410. The normalized spacial score (nSPS) is 15.5. The standard InChI is InChI=1S/C26H21FN2O2/c27-21-12-13-25(28-15-21)31-17-22-14-19-7-1-2-8-20(19)16-29(22)26(30)24-11-5-9-18-6-3-4-10-23(18)24/h1-13,15,22H,14,16-17H2/t22-/m0/s1. The molecular weight excluding hydrogens is 391 g/mol. The first-order valence-corrected chi connectivity index (χ1v) is 10.3. The Morgan fingerprint density at radius 3 is 2.58 bits per heavy atom. The van der Waals surface area contributed by atoms with Gasteiger partial charge in [0.15, 0.2) is 0 Å². The summed E-state index contributed by atoms with van der Waals surface area (Å²) in [5.41, 5.74) is 3.04. The van der Waals surface area contributed by atoms with Crippen LogP contribution in [0.3, 0.4) is 0 Å². The molecule has 0 saturated carbocycles. The van der Waals surface area contributed by atoms with Crippen LogP contribution < -0.4 is 4.74 Å². The summed E-state index contributed by atoms with van der Waals surface area (Å²) in [6.07, 6.45) is 1.82. The molecule has 1 aliphatic rings. The Hall–Kier alpha value is -3.73. The average Bonchev–Trinajstić information content (AvgIpc) is 2.82. The van der Waals surface area contributed by atoms with Gasteiger partial charge < -0.3 is 9.64 Å². The lowest BCUT2D eigenvalue weighted by atomic mass is 9.93. The van der Waals surface area contributed by atoms with Crippen LogP contribution in [0, 0.1) is 5.82 Å². The van der Waals surface area contributed by atoms with Crippen molar-refractivity contribution in [3.8, 4) is 5.88 Å². The monoisotopic (exact) mass is 412 g/mol. The van der Waals surface area contributed by atoms with Gasteiger partial charge in [-0.05, 0) is 40.5 Å². The molecule has 4 nitrogen and oxygen atoms in total. The number of nitrogens with zero attached hydrogens (tertiary/aromatic N) is 2. The van der Waals surface area contributed by atoms with Gasteiger partial charge in [0.05, 0.1) is 12.2 Å². The van der Waals surface area contributed by atoms with Gasteiger partial charge in [-0.2, -0.15) is 0 Å². The second kappa shape index (κ2) is 8.19. The molecule has 3 aromatic carbocycles. The van der Waals surface area contributed by atoms with Crippen LogP contribution in [0.2, 0.25) is 0 Å². The summed E-state index contributed by atoms with van der Waals surface area (Å²) in [6, 6.07) is 24.6. The highest BCUT2D eigenvalue weighted by Crippen LogP contribution is 2.28. The number of amides is 1. The molecule has 0 bridgehead atoms. The van der Waals surface area contributed by atoms with Crippen LogP contribution >= 0.6 is 0 Å². The summed E-state index contributed by atoms with van der Waals surface area (Å²) in [7, 11) is 0. The van der Waals surface area contributed by atoms with Crippen LogP contribution in [0.15, 0.2) is 85.1 Å². The van der Waals surface area contributed by atoms with Crippen molar-refractivity contribution >= 4 is 16.7 Å². The van der Waals surface area contributed by atoms with E-state index in [1.807, 2.05) is 59.5 Å². The number of pyridine rings is 1. The van der Waals surface area contributed by atoms with E-state index in [1.165, 1.54) is 17.7 Å². The summed E-state index contributed by atoms with van der Waals surface area (Å²) in [5, 5.41) is 1.97. The third-order valence-corrected chi connectivity index (χ3v) is 5.76. The molecule has 0 unspecified atom stereocenters. The average molecular weight is 412 g/mol. The van der Waals surface area contributed by atoms with Crippen molar-refractivity contribution in [2.45, 2.75) is 19.0 Å². The van der Waals surface area contributed by atoms with Gasteiger partial charge in [0.25, 0.3) is 5.91 Å². The summed E-state index contributed by atoms with van der Waals surface area (Å²) in [6.45, 7) is 0.798. The summed E-state index contributed by atoms with van der Waals surface area (Å²) in [4.78, 5) is 19.6. The first-order chi connectivity index (χ1) is 15.2. The fourth-order valence-electron chi connectivity index (χ4n) is 4.17. The SMILES string of the molecule is O=C(c1cccc2ccccc12)N1Cc2ccccc2C[C@H]1COc1ccc(F)cn1. The van der Waals surface area contributed by atoms with Crippen molar-refractivity contribution < 1.29 is 13.9 Å². The highest BCUT2D eigenvalue weighted by molar-refractivity contribution is 6.07. The molecule has 0 spiro atoms. The Labute approximate surface area is 179 Å². The maximum absolute atomic E-state index is 13.7. The third-order valence-electron chi connectivity index (χ3n) is 5.76. The Morgan fingerprint density at radius 2 is 1.74 bits per heavy atom. The minimum Gasteiger partial charge on any atom is -0.475 e. The molecule has 0 N–H and O–H groups in total. The van der Waals surface area contributed by atoms with Gasteiger partial charge in [-0.1, -0.05) is 60.7 Å². The van der Waals surface area contributed by atoms with E-state index < -0.39 is 5.82 Å². The number of benzene rings is 3. The van der Waals surface area contributed by atoms with Crippen LogP contribution in [0.1, 0.15) is 21.5 Å². The third kappa shape index (κ3) is 3.87. The number of carbonyl (C=O) groups excluding carboxylic acids is 1. The number of halogens is 1. The molecule has 1 atom stereocenters. The van der Waals surface area contributed by atoms with Gasteiger partial charge in [-0.3, -0.25) is 4.79 Å². The molecule has 5 heteroatoms. The molecule has 0 aliphatic carbocycles. The Bertz CT molecular complexity index is 1230. The zero-order chi connectivity index (χ0) is 21.2. The van der Waals surface area contributed by atoms with E-state index >= 15 is 0 Å². The van der Waals surface area contributed by atoms with Gasteiger partial charge in [0.1, 0.15) is 12.4 Å². The topological polar surface area (TPSA) is 42.4 Å².